The van der Waals surface area contributed by atoms with Gasteiger partial charge in [0.1, 0.15) is 5.82 Å². The van der Waals surface area contributed by atoms with Gasteiger partial charge in [-0.2, -0.15) is 0 Å². The largest absolute Gasteiger partial charge is 0.383 e. The number of hydrogen-bond acceptors (Lipinski definition) is 3. The number of guanidine groups is 1. The van der Waals surface area contributed by atoms with Crippen LogP contribution in [0.25, 0.3) is 0 Å². The van der Waals surface area contributed by atoms with Gasteiger partial charge >= 0.3 is 0 Å². The summed E-state index contributed by atoms with van der Waals surface area (Å²) < 4.78 is 18.1. The highest BCUT2D eigenvalue weighted by molar-refractivity contribution is 5.79. The van der Waals surface area contributed by atoms with E-state index in [2.05, 4.69) is 20.5 Å². The monoisotopic (exact) mass is 336 g/mol. The van der Waals surface area contributed by atoms with Crippen LogP contribution >= 0.6 is 0 Å². The lowest BCUT2D eigenvalue weighted by Gasteiger charge is -2.22. The van der Waals surface area contributed by atoms with Crippen LogP contribution in [0.3, 0.4) is 0 Å². The zero-order chi connectivity index (χ0) is 17.2. The average molecular weight is 336 g/mol. The lowest BCUT2D eigenvalue weighted by Crippen LogP contribution is -2.43. The second-order valence-electron chi connectivity index (χ2n) is 6.06. The Morgan fingerprint density at radius 3 is 2.54 bits per heavy atom. The number of nitrogens with zero attached hydrogens (tertiary/aromatic N) is 2. The predicted molar refractivity (Wildman–Crippen MR) is 95.9 cm³/mol. The molecule has 134 valence electrons. The number of hydrogen-bond donors (Lipinski definition) is 2. The van der Waals surface area contributed by atoms with Crippen LogP contribution in [0.4, 0.5) is 4.39 Å². The summed E-state index contributed by atoms with van der Waals surface area (Å²) in [5.41, 5.74) is 1.11. The molecule has 0 atom stereocenters. The van der Waals surface area contributed by atoms with Gasteiger partial charge in [0.2, 0.25) is 0 Å². The molecule has 1 aliphatic carbocycles. The van der Waals surface area contributed by atoms with Crippen LogP contribution < -0.4 is 10.6 Å². The number of halogens is 1. The molecule has 0 aromatic heterocycles. The summed E-state index contributed by atoms with van der Waals surface area (Å²) in [6.07, 6.45) is 3.44. The van der Waals surface area contributed by atoms with E-state index in [1.165, 1.54) is 25.0 Å². The van der Waals surface area contributed by atoms with E-state index in [1.807, 2.05) is 12.1 Å². The molecule has 0 saturated heterocycles. The van der Waals surface area contributed by atoms with Gasteiger partial charge in [0.05, 0.1) is 6.61 Å². The molecule has 5 nitrogen and oxygen atoms in total. The van der Waals surface area contributed by atoms with Gasteiger partial charge in [0.25, 0.3) is 0 Å². The Labute approximate surface area is 144 Å². The maximum atomic E-state index is 12.9. The van der Waals surface area contributed by atoms with E-state index in [0.717, 1.165) is 56.8 Å². The minimum atomic E-state index is -0.196. The van der Waals surface area contributed by atoms with Gasteiger partial charge in [-0.05, 0) is 37.0 Å². The van der Waals surface area contributed by atoms with Crippen molar-refractivity contribution in [1.29, 1.82) is 0 Å². The maximum Gasteiger partial charge on any atom is 0.191 e. The topological polar surface area (TPSA) is 48.9 Å². The van der Waals surface area contributed by atoms with E-state index in [9.17, 15) is 4.39 Å². The quantitative estimate of drug-likeness (QED) is 0.504. The Hall–Kier alpha value is -1.66. The molecule has 1 aliphatic rings. The summed E-state index contributed by atoms with van der Waals surface area (Å²) >= 11 is 0. The minimum absolute atomic E-state index is 0.196. The van der Waals surface area contributed by atoms with Gasteiger partial charge in [-0.3, -0.25) is 9.89 Å². The van der Waals surface area contributed by atoms with Gasteiger partial charge in [0, 0.05) is 46.4 Å². The first kappa shape index (κ1) is 18.7. The van der Waals surface area contributed by atoms with E-state index in [4.69, 9.17) is 4.74 Å². The number of benzene rings is 1. The normalized spacial score (nSPS) is 14.9. The van der Waals surface area contributed by atoms with E-state index < -0.39 is 0 Å². The molecule has 0 aliphatic heterocycles. The Balaban J connectivity index is 1.63. The first-order chi connectivity index (χ1) is 11.7. The van der Waals surface area contributed by atoms with Crippen LogP contribution in [0.1, 0.15) is 18.4 Å². The second-order valence-corrected chi connectivity index (χ2v) is 6.06. The highest BCUT2D eigenvalue weighted by atomic mass is 19.1. The summed E-state index contributed by atoms with van der Waals surface area (Å²) in [5, 5.41) is 6.65. The molecule has 0 unspecified atom stereocenters. The highest BCUT2D eigenvalue weighted by Gasteiger charge is 2.28. The molecular formula is C18H29FN4O. The van der Waals surface area contributed by atoms with Crippen LogP contribution in [0.15, 0.2) is 29.3 Å². The number of ether oxygens (including phenoxy) is 1. The molecule has 0 heterocycles. The van der Waals surface area contributed by atoms with Crippen LogP contribution in [-0.4, -0.2) is 63.8 Å². The molecule has 0 spiro atoms. The van der Waals surface area contributed by atoms with Crippen LogP contribution in [0.2, 0.25) is 0 Å². The number of methoxy groups -OCH3 is 1. The Bertz CT molecular complexity index is 502. The fourth-order valence-corrected chi connectivity index (χ4v) is 2.64. The zero-order valence-electron chi connectivity index (χ0n) is 14.7. The zero-order valence-corrected chi connectivity index (χ0v) is 14.7. The molecule has 2 N–H and O–H groups in total. The molecule has 0 radical (unpaired) electrons. The third-order valence-corrected chi connectivity index (χ3v) is 4.18. The van der Waals surface area contributed by atoms with Gasteiger partial charge in [-0.1, -0.05) is 12.1 Å². The molecule has 2 rings (SSSR count). The van der Waals surface area contributed by atoms with Gasteiger partial charge in [-0.15, -0.1) is 0 Å². The molecule has 24 heavy (non-hydrogen) atoms. The molecule has 1 aromatic carbocycles. The fourth-order valence-electron chi connectivity index (χ4n) is 2.64. The van der Waals surface area contributed by atoms with Crippen LogP contribution in [0, 0.1) is 5.82 Å². The van der Waals surface area contributed by atoms with E-state index in [0.29, 0.717) is 0 Å². The first-order valence-corrected chi connectivity index (χ1v) is 8.65. The first-order valence-electron chi connectivity index (χ1n) is 8.65. The fraction of sp³-hybridized carbons (Fsp3) is 0.611. The molecule has 1 saturated carbocycles. The molecule has 1 aromatic rings. The van der Waals surface area contributed by atoms with E-state index in [-0.39, 0.29) is 5.82 Å². The number of nitrogens with one attached hydrogen (secondary N) is 2. The summed E-state index contributed by atoms with van der Waals surface area (Å²) in [6.45, 7) is 4.38. The molecule has 0 amide bonds. The SMILES string of the molecule is CN=C(NCCc1ccc(F)cc1)NCCN(CCOC)C1CC1. The van der Waals surface area contributed by atoms with Crippen molar-refractivity contribution in [2.24, 2.45) is 4.99 Å². The number of aliphatic imine (C=N–C) groups is 1. The lowest BCUT2D eigenvalue weighted by molar-refractivity contribution is 0.144. The maximum absolute atomic E-state index is 12.9. The smallest absolute Gasteiger partial charge is 0.191 e. The highest BCUT2D eigenvalue weighted by Crippen LogP contribution is 2.25. The standard InChI is InChI=1S/C18H29FN4O/c1-20-18(21-10-9-15-3-5-16(19)6-4-15)22-11-12-23(13-14-24-2)17-7-8-17/h3-6,17H,7-14H2,1-2H3,(H2,20,21,22). The predicted octanol–water partition coefficient (Wildman–Crippen LogP) is 1.64. The minimum Gasteiger partial charge on any atom is -0.383 e. The number of rotatable bonds is 10. The van der Waals surface area contributed by atoms with E-state index in [1.54, 1.807) is 14.2 Å². The third kappa shape index (κ3) is 6.84. The van der Waals surface area contributed by atoms with Crippen molar-refractivity contribution in [3.8, 4) is 0 Å². The van der Waals surface area contributed by atoms with Crippen molar-refractivity contribution < 1.29 is 9.13 Å². The van der Waals surface area contributed by atoms with Crippen molar-refractivity contribution in [3.05, 3.63) is 35.6 Å². The second kappa shape index (κ2) is 10.3. The van der Waals surface area contributed by atoms with Gasteiger partial charge in [-0.25, -0.2) is 4.39 Å². The van der Waals surface area contributed by atoms with Gasteiger partial charge < -0.3 is 15.4 Å². The van der Waals surface area contributed by atoms with Crippen molar-refractivity contribution >= 4 is 5.96 Å². The lowest BCUT2D eigenvalue weighted by atomic mass is 10.1. The summed E-state index contributed by atoms with van der Waals surface area (Å²) in [4.78, 5) is 6.72. The Morgan fingerprint density at radius 1 is 1.21 bits per heavy atom. The van der Waals surface area contributed by atoms with Crippen LogP contribution in [-0.2, 0) is 11.2 Å². The third-order valence-electron chi connectivity index (χ3n) is 4.18. The molecule has 0 bridgehead atoms. The summed E-state index contributed by atoms with van der Waals surface area (Å²) in [5.74, 6) is 0.609. The van der Waals surface area contributed by atoms with Crippen LogP contribution in [0.5, 0.6) is 0 Å². The molecule has 1 fully saturated rings. The Morgan fingerprint density at radius 2 is 1.92 bits per heavy atom. The molecule has 6 heteroatoms. The van der Waals surface area contributed by atoms with Crippen molar-refractivity contribution in [1.82, 2.24) is 15.5 Å². The molecular weight excluding hydrogens is 307 g/mol. The van der Waals surface area contributed by atoms with E-state index >= 15 is 0 Å². The van der Waals surface area contributed by atoms with Crippen molar-refractivity contribution in [3.63, 3.8) is 0 Å². The summed E-state index contributed by atoms with van der Waals surface area (Å²) in [7, 11) is 3.52. The Kier molecular flexibility index (Phi) is 7.98. The van der Waals surface area contributed by atoms with Gasteiger partial charge in [0.15, 0.2) is 5.96 Å². The average Bonchev–Trinajstić information content (AvgIpc) is 3.43. The summed E-state index contributed by atoms with van der Waals surface area (Å²) in [6, 6.07) is 7.35. The van der Waals surface area contributed by atoms with Crippen molar-refractivity contribution in [2.45, 2.75) is 25.3 Å². The van der Waals surface area contributed by atoms with Crippen molar-refractivity contribution in [2.75, 3.05) is 46.9 Å².